The number of aromatic nitrogens is 3. The second kappa shape index (κ2) is 7.67. The van der Waals surface area contributed by atoms with Crippen LogP contribution in [0.5, 0.6) is 0 Å². The van der Waals surface area contributed by atoms with Crippen LogP contribution in [-0.4, -0.2) is 56.8 Å². The molecule has 3 fully saturated rings. The number of piperidine rings is 3. The largest absolute Gasteiger partial charge is 0.302 e. The Kier molecular flexibility index (Phi) is 5.13. The van der Waals surface area contributed by atoms with Gasteiger partial charge in [-0.2, -0.15) is 5.10 Å². The van der Waals surface area contributed by atoms with Crippen molar-refractivity contribution in [2.24, 2.45) is 5.92 Å². The molecule has 2 aromatic heterocycles. The molecule has 1 atom stereocenters. The molecule has 0 radical (unpaired) electrons. The molecule has 0 amide bonds. The number of pyridine rings is 1. The molecule has 5 rings (SSSR count). The predicted octanol–water partition coefficient (Wildman–Crippen LogP) is 2.57. The summed E-state index contributed by atoms with van der Waals surface area (Å²) in [6, 6.07) is 4.96. The number of aryl methyl sites for hydroxylation is 2. The Morgan fingerprint density at radius 2 is 2.12 bits per heavy atom. The van der Waals surface area contributed by atoms with Crippen LogP contribution in [0.4, 0.5) is 0 Å². The van der Waals surface area contributed by atoms with Gasteiger partial charge in [0.25, 0.3) is 0 Å². The van der Waals surface area contributed by atoms with Crippen molar-refractivity contribution in [3.05, 3.63) is 48.0 Å². The molecule has 2 aromatic rings. The minimum absolute atomic E-state index is 0.696. The highest BCUT2D eigenvalue weighted by molar-refractivity contribution is 5.09. The first-order valence-corrected chi connectivity index (χ1v) is 9.62. The highest BCUT2D eigenvalue weighted by Crippen LogP contribution is 2.31. The lowest BCUT2D eigenvalue weighted by atomic mass is 9.83. The Bertz CT molecular complexity index is 660. The predicted molar refractivity (Wildman–Crippen MR) is 99.2 cm³/mol. The van der Waals surface area contributed by atoms with Crippen LogP contribution in [0.15, 0.2) is 36.9 Å². The summed E-state index contributed by atoms with van der Waals surface area (Å²) in [5.74, 6) is 0.869. The van der Waals surface area contributed by atoms with Gasteiger partial charge >= 0.3 is 0 Å². The third-order valence-electron chi connectivity index (χ3n) is 5.79. The second-order valence-electron chi connectivity index (χ2n) is 7.67. The molecule has 0 N–H and O–H groups in total. The van der Waals surface area contributed by atoms with Crippen LogP contribution in [0.25, 0.3) is 0 Å². The van der Waals surface area contributed by atoms with Gasteiger partial charge in [0.15, 0.2) is 0 Å². The normalized spacial score (nSPS) is 25.6. The van der Waals surface area contributed by atoms with Gasteiger partial charge < -0.3 is 4.90 Å². The average Bonchev–Trinajstić information content (AvgIpc) is 3.08. The molecule has 3 saturated heterocycles. The summed E-state index contributed by atoms with van der Waals surface area (Å²) in [6.45, 7) is 9.09. The minimum atomic E-state index is 0.696. The lowest BCUT2D eigenvalue weighted by molar-refractivity contribution is 0.000327. The first-order valence-electron chi connectivity index (χ1n) is 9.62. The smallest absolute Gasteiger partial charge is 0.0518 e. The Balaban J connectivity index is 1.41. The molecule has 5 heteroatoms. The van der Waals surface area contributed by atoms with Crippen molar-refractivity contribution in [3.63, 3.8) is 0 Å². The SMILES string of the molecule is Cc1cnn(CCCN(Cc2cccnc2)[C@@H]2CN3CCC2CC3)c1. The second-order valence-corrected chi connectivity index (χ2v) is 7.67. The zero-order valence-electron chi connectivity index (χ0n) is 15.2. The summed E-state index contributed by atoms with van der Waals surface area (Å²) < 4.78 is 2.08. The highest BCUT2D eigenvalue weighted by Gasteiger charge is 2.37. The van der Waals surface area contributed by atoms with Crippen molar-refractivity contribution in [3.8, 4) is 0 Å². The van der Waals surface area contributed by atoms with E-state index in [0.29, 0.717) is 6.04 Å². The number of fused-ring (bicyclic) bond motifs is 3. The van der Waals surface area contributed by atoms with Gasteiger partial charge in [0.05, 0.1) is 6.20 Å². The van der Waals surface area contributed by atoms with Crippen molar-refractivity contribution < 1.29 is 0 Å². The maximum Gasteiger partial charge on any atom is 0.0518 e. The van der Waals surface area contributed by atoms with E-state index in [2.05, 4.69) is 49.8 Å². The molecular formula is C20H29N5. The highest BCUT2D eigenvalue weighted by atomic mass is 15.3. The van der Waals surface area contributed by atoms with Crippen molar-refractivity contribution in [1.82, 2.24) is 24.6 Å². The summed E-state index contributed by atoms with van der Waals surface area (Å²) in [7, 11) is 0. The van der Waals surface area contributed by atoms with E-state index < -0.39 is 0 Å². The number of rotatable bonds is 7. The first-order chi connectivity index (χ1) is 12.3. The molecule has 0 unspecified atom stereocenters. The van der Waals surface area contributed by atoms with Gasteiger partial charge in [-0.1, -0.05) is 6.07 Å². The fourth-order valence-corrected chi connectivity index (χ4v) is 4.46. The van der Waals surface area contributed by atoms with Crippen LogP contribution in [0, 0.1) is 12.8 Å². The van der Waals surface area contributed by atoms with Crippen LogP contribution in [0.1, 0.15) is 30.4 Å². The van der Waals surface area contributed by atoms with Crippen LogP contribution in [0.3, 0.4) is 0 Å². The maximum absolute atomic E-state index is 4.43. The van der Waals surface area contributed by atoms with Gasteiger partial charge in [-0.3, -0.25) is 14.6 Å². The summed E-state index contributed by atoms with van der Waals surface area (Å²) in [5, 5.41) is 4.43. The third kappa shape index (κ3) is 4.10. The standard InChI is InChI=1S/C20H29N5/c1-17-12-22-25(14-17)9-3-8-24(15-18-4-2-7-21-13-18)20-16-23-10-5-19(20)6-11-23/h2,4,7,12-14,19-20H,3,5-6,8-11,15-16H2,1H3/t20-/m1/s1. The monoisotopic (exact) mass is 339 g/mol. The Morgan fingerprint density at radius 3 is 2.76 bits per heavy atom. The van der Waals surface area contributed by atoms with E-state index in [1.54, 1.807) is 0 Å². The molecule has 0 spiro atoms. The van der Waals surface area contributed by atoms with Gasteiger partial charge in [-0.15, -0.1) is 0 Å². The maximum atomic E-state index is 4.43. The Labute approximate surface area is 150 Å². The van der Waals surface area contributed by atoms with E-state index >= 15 is 0 Å². The van der Waals surface area contributed by atoms with Gasteiger partial charge in [-0.25, -0.2) is 0 Å². The quantitative estimate of drug-likeness (QED) is 0.777. The topological polar surface area (TPSA) is 37.2 Å². The van der Waals surface area contributed by atoms with E-state index in [1.165, 1.54) is 43.6 Å². The number of nitrogens with zero attached hydrogens (tertiary/aromatic N) is 5. The van der Waals surface area contributed by atoms with E-state index in [9.17, 15) is 0 Å². The van der Waals surface area contributed by atoms with Gasteiger partial charge in [0.1, 0.15) is 0 Å². The van der Waals surface area contributed by atoms with Crippen LogP contribution in [-0.2, 0) is 13.1 Å². The molecule has 3 aliphatic heterocycles. The zero-order chi connectivity index (χ0) is 17.1. The van der Waals surface area contributed by atoms with E-state index in [4.69, 9.17) is 0 Å². The zero-order valence-corrected chi connectivity index (χ0v) is 15.2. The van der Waals surface area contributed by atoms with Crippen LogP contribution < -0.4 is 0 Å². The molecule has 0 aliphatic carbocycles. The van der Waals surface area contributed by atoms with Crippen LogP contribution in [0.2, 0.25) is 0 Å². The van der Waals surface area contributed by atoms with Gasteiger partial charge in [0, 0.05) is 50.8 Å². The van der Waals surface area contributed by atoms with E-state index in [-0.39, 0.29) is 0 Å². The number of hydrogen-bond donors (Lipinski definition) is 0. The molecule has 5 heterocycles. The van der Waals surface area contributed by atoms with Crippen molar-refractivity contribution in [2.45, 2.75) is 45.3 Å². The summed E-state index contributed by atoms with van der Waals surface area (Å²) in [6.07, 6.45) is 11.8. The molecule has 3 aliphatic rings. The molecule has 2 bridgehead atoms. The van der Waals surface area contributed by atoms with Gasteiger partial charge in [-0.05, 0) is 62.4 Å². The fourth-order valence-electron chi connectivity index (χ4n) is 4.46. The average molecular weight is 339 g/mol. The molecule has 0 aromatic carbocycles. The van der Waals surface area contributed by atoms with Crippen LogP contribution >= 0.6 is 0 Å². The van der Waals surface area contributed by atoms with Crippen molar-refractivity contribution in [1.29, 1.82) is 0 Å². The van der Waals surface area contributed by atoms with E-state index in [0.717, 1.165) is 32.0 Å². The molecule has 0 saturated carbocycles. The summed E-state index contributed by atoms with van der Waals surface area (Å²) in [4.78, 5) is 9.67. The van der Waals surface area contributed by atoms with Crippen molar-refractivity contribution in [2.75, 3.05) is 26.2 Å². The Hall–Kier alpha value is -1.72. The molecular weight excluding hydrogens is 310 g/mol. The summed E-state index contributed by atoms with van der Waals surface area (Å²) in [5.41, 5.74) is 2.57. The van der Waals surface area contributed by atoms with Crippen molar-refractivity contribution >= 4 is 0 Å². The van der Waals surface area contributed by atoms with Gasteiger partial charge in [0.2, 0.25) is 0 Å². The summed E-state index contributed by atoms with van der Waals surface area (Å²) >= 11 is 0. The number of hydrogen-bond acceptors (Lipinski definition) is 4. The molecule has 5 nitrogen and oxygen atoms in total. The third-order valence-corrected chi connectivity index (χ3v) is 5.79. The molecule has 25 heavy (non-hydrogen) atoms. The lowest BCUT2D eigenvalue weighted by Crippen LogP contribution is -2.57. The minimum Gasteiger partial charge on any atom is -0.302 e. The fraction of sp³-hybridized carbons (Fsp3) is 0.600. The lowest BCUT2D eigenvalue weighted by Gasteiger charge is -2.49. The first kappa shape index (κ1) is 16.7. The van der Waals surface area contributed by atoms with E-state index in [1.807, 2.05) is 18.6 Å². The molecule has 134 valence electrons. The Morgan fingerprint density at radius 1 is 1.24 bits per heavy atom.